The number of carbonyl (C=O) groups is 1. The minimum atomic E-state index is -3.72. The van der Waals surface area contributed by atoms with Crippen molar-refractivity contribution in [1.82, 2.24) is 0 Å². The van der Waals surface area contributed by atoms with Gasteiger partial charge in [-0.15, -0.1) is 0 Å². The number of halogens is 1. The number of para-hydroxylation sites is 1. The number of nitrogens with one attached hydrogen (secondary N) is 1. The van der Waals surface area contributed by atoms with Gasteiger partial charge in [-0.05, 0) is 84.9 Å². The Balaban J connectivity index is 1.39. The molecule has 7 nitrogen and oxygen atoms in total. The minimum Gasteiger partial charge on any atom is -0.457 e. The lowest BCUT2D eigenvalue weighted by Gasteiger charge is -2.22. The van der Waals surface area contributed by atoms with E-state index < -0.39 is 15.9 Å². The lowest BCUT2D eigenvalue weighted by atomic mass is 10.3. The molecule has 4 aromatic rings. The average molecular weight is 523 g/mol. The largest absolute Gasteiger partial charge is 0.457 e. The van der Waals surface area contributed by atoms with E-state index in [0.717, 1.165) is 10.6 Å². The van der Waals surface area contributed by atoms with E-state index in [9.17, 15) is 13.2 Å². The van der Waals surface area contributed by atoms with Gasteiger partial charge >= 0.3 is 0 Å². The number of ether oxygens (including phenoxy) is 2. The van der Waals surface area contributed by atoms with E-state index in [1.54, 1.807) is 72.8 Å². The van der Waals surface area contributed by atoms with Crippen LogP contribution in [0.15, 0.2) is 103 Å². The second-order valence-corrected chi connectivity index (χ2v) is 10.2. The first-order valence-corrected chi connectivity index (χ1v) is 13.1. The van der Waals surface area contributed by atoms with Gasteiger partial charge < -0.3 is 14.8 Å². The van der Waals surface area contributed by atoms with Crippen LogP contribution >= 0.6 is 11.6 Å². The van der Waals surface area contributed by atoms with Gasteiger partial charge in [0.2, 0.25) is 15.9 Å². The third-order valence-electron chi connectivity index (χ3n) is 4.98. The van der Waals surface area contributed by atoms with Crippen LogP contribution < -0.4 is 19.1 Å². The summed E-state index contributed by atoms with van der Waals surface area (Å²) < 4.78 is 37.4. The first-order valence-electron chi connectivity index (χ1n) is 10.9. The monoisotopic (exact) mass is 522 g/mol. The molecule has 36 heavy (non-hydrogen) atoms. The highest BCUT2D eigenvalue weighted by Crippen LogP contribution is 2.26. The van der Waals surface area contributed by atoms with Gasteiger partial charge in [-0.25, -0.2) is 8.42 Å². The number of benzene rings is 4. The SMILES string of the molecule is CS(=O)(=O)N(CC(=O)Nc1ccc(Oc2ccc(Cl)cc2)cc1)c1ccc(Oc2ccccc2)cc1. The smallest absolute Gasteiger partial charge is 0.245 e. The molecule has 1 amide bonds. The van der Waals surface area contributed by atoms with E-state index in [2.05, 4.69) is 5.32 Å². The molecule has 0 fully saturated rings. The van der Waals surface area contributed by atoms with Crippen LogP contribution in [0.4, 0.5) is 11.4 Å². The van der Waals surface area contributed by atoms with Crippen LogP contribution in [0, 0.1) is 0 Å². The summed E-state index contributed by atoms with van der Waals surface area (Å²) in [6, 6.07) is 29.4. The Kier molecular flexibility index (Phi) is 7.77. The molecule has 0 aliphatic heterocycles. The minimum absolute atomic E-state index is 0.347. The second-order valence-electron chi connectivity index (χ2n) is 7.81. The van der Waals surface area contributed by atoms with Crippen molar-refractivity contribution in [2.24, 2.45) is 0 Å². The zero-order valence-electron chi connectivity index (χ0n) is 19.3. The second kappa shape index (κ2) is 11.2. The quantitative estimate of drug-likeness (QED) is 0.277. The molecule has 0 spiro atoms. The normalized spacial score (nSPS) is 10.9. The van der Waals surface area contributed by atoms with Gasteiger partial charge in [0, 0.05) is 10.7 Å². The van der Waals surface area contributed by atoms with E-state index in [0.29, 0.717) is 39.4 Å². The molecular formula is C27H23ClN2O5S. The molecule has 0 heterocycles. The molecule has 0 aliphatic rings. The lowest BCUT2D eigenvalue weighted by Crippen LogP contribution is -2.37. The summed E-state index contributed by atoms with van der Waals surface area (Å²) in [5.74, 6) is 1.92. The Bertz CT molecular complexity index is 1410. The van der Waals surface area contributed by atoms with Gasteiger partial charge in [-0.1, -0.05) is 29.8 Å². The summed E-state index contributed by atoms with van der Waals surface area (Å²) in [6.45, 7) is -0.388. The fourth-order valence-corrected chi connectivity index (χ4v) is 4.26. The van der Waals surface area contributed by atoms with E-state index in [1.807, 2.05) is 30.3 Å². The van der Waals surface area contributed by atoms with Gasteiger partial charge in [0.05, 0.1) is 11.9 Å². The molecule has 0 aromatic heterocycles. The van der Waals surface area contributed by atoms with Crippen LogP contribution in [-0.4, -0.2) is 27.1 Å². The number of anilines is 2. The predicted octanol–water partition coefficient (Wildman–Crippen LogP) is 6.33. The summed E-state index contributed by atoms with van der Waals surface area (Å²) in [7, 11) is -3.72. The Labute approximate surface area is 214 Å². The maximum Gasteiger partial charge on any atom is 0.245 e. The number of carbonyl (C=O) groups excluding carboxylic acids is 1. The molecule has 0 unspecified atom stereocenters. The Morgan fingerprint density at radius 1 is 0.750 bits per heavy atom. The van der Waals surface area contributed by atoms with Crippen molar-refractivity contribution in [2.45, 2.75) is 0 Å². The third kappa shape index (κ3) is 7.00. The van der Waals surface area contributed by atoms with Crippen LogP contribution in [0.1, 0.15) is 0 Å². The number of hydrogen-bond acceptors (Lipinski definition) is 5. The molecular weight excluding hydrogens is 500 g/mol. The molecule has 0 atom stereocenters. The highest BCUT2D eigenvalue weighted by molar-refractivity contribution is 7.92. The molecule has 0 bridgehead atoms. The van der Waals surface area contributed by atoms with Gasteiger partial charge in [0.15, 0.2) is 0 Å². The van der Waals surface area contributed by atoms with Crippen LogP contribution in [0.2, 0.25) is 5.02 Å². The van der Waals surface area contributed by atoms with Crippen molar-refractivity contribution in [1.29, 1.82) is 0 Å². The Morgan fingerprint density at radius 2 is 1.22 bits per heavy atom. The molecule has 0 radical (unpaired) electrons. The van der Waals surface area contributed by atoms with Gasteiger partial charge in [0.1, 0.15) is 29.5 Å². The molecule has 0 saturated heterocycles. The highest BCUT2D eigenvalue weighted by atomic mass is 35.5. The average Bonchev–Trinajstić information content (AvgIpc) is 2.86. The number of sulfonamides is 1. The summed E-state index contributed by atoms with van der Waals surface area (Å²) in [4.78, 5) is 12.7. The van der Waals surface area contributed by atoms with E-state index >= 15 is 0 Å². The van der Waals surface area contributed by atoms with Crippen LogP contribution in [0.25, 0.3) is 0 Å². The molecule has 0 aliphatic carbocycles. The van der Waals surface area contributed by atoms with Crippen molar-refractivity contribution in [3.8, 4) is 23.0 Å². The van der Waals surface area contributed by atoms with Crippen molar-refractivity contribution in [2.75, 3.05) is 22.4 Å². The maximum absolute atomic E-state index is 12.7. The lowest BCUT2D eigenvalue weighted by molar-refractivity contribution is -0.114. The van der Waals surface area contributed by atoms with Crippen LogP contribution in [0.5, 0.6) is 23.0 Å². The summed E-state index contributed by atoms with van der Waals surface area (Å²) in [5.41, 5.74) is 0.850. The van der Waals surface area contributed by atoms with E-state index in [-0.39, 0.29) is 6.54 Å². The fraction of sp³-hybridized carbons (Fsp3) is 0.0741. The zero-order valence-corrected chi connectivity index (χ0v) is 20.9. The van der Waals surface area contributed by atoms with E-state index in [1.165, 1.54) is 0 Å². The zero-order chi connectivity index (χ0) is 25.5. The fourth-order valence-electron chi connectivity index (χ4n) is 3.28. The number of hydrogen-bond donors (Lipinski definition) is 1. The van der Waals surface area contributed by atoms with Gasteiger partial charge in [-0.2, -0.15) is 0 Å². The number of amides is 1. The summed E-state index contributed by atoms with van der Waals surface area (Å²) in [6.07, 6.45) is 1.05. The molecule has 1 N–H and O–H groups in total. The van der Waals surface area contributed by atoms with Crippen molar-refractivity contribution >= 4 is 38.9 Å². The van der Waals surface area contributed by atoms with Gasteiger partial charge in [0.25, 0.3) is 0 Å². The topological polar surface area (TPSA) is 84.9 Å². The molecule has 4 rings (SSSR count). The summed E-state index contributed by atoms with van der Waals surface area (Å²) >= 11 is 5.88. The number of nitrogens with zero attached hydrogens (tertiary/aromatic N) is 1. The number of rotatable bonds is 9. The first kappa shape index (κ1) is 25.1. The van der Waals surface area contributed by atoms with E-state index in [4.69, 9.17) is 21.1 Å². The van der Waals surface area contributed by atoms with Crippen LogP contribution in [-0.2, 0) is 14.8 Å². The van der Waals surface area contributed by atoms with Crippen LogP contribution in [0.3, 0.4) is 0 Å². The summed E-state index contributed by atoms with van der Waals surface area (Å²) in [5, 5.41) is 3.33. The predicted molar refractivity (Wildman–Crippen MR) is 142 cm³/mol. The molecule has 0 saturated carbocycles. The van der Waals surface area contributed by atoms with Crippen molar-refractivity contribution < 1.29 is 22.7 Å². The third-order valence-corrected chi connectivity index (χ3v) is 6.37. The van der Waals surface area contributed by atoms with Gasteiger partial charge in [-0.3, -0.25) is 9.10 Å². The van der Waals surface area contributed by atoms with Crippen molar-refractivity contribution in [3.05, 3.63) is 108 Å². The molecule has 9 heteroatoms. The van der Waals surface area contributed by atoms with Crippen molar-refractivity contribution in [3.63, 3.8) is 0 Å². The highest BCUT2D eigenvalue weighted by Gasteiger charge is 2.21. The molecule has 184 valence electrons. The molecule has 4 aromatic carbocycles. The Morgan fingerprint density at radius 3 is 1.75 bits per heavy atom. The first-order chi connectivity index (χ1) is 17.3. The standard InChI is InChI=1S/C27H23ClN2O5S/c1-36(32,33)30(22-11-17-26(18-12-22)34-23-5-3-2-4-6-23)19-27(31)29-21-9-15-25(16-10-21)35-24-13-7-20(28)8-14-24/h2-18H,19H2,1H3,(H,29,31). The Hall–Kier alpha value is -4.01. The maximum atomic E-state index is 12.7.